The number of hydrogen-bond acceptors (Lipinski definition) is 5. The number of nitro benzene ring substituents is 1. The van der Waals surface area contributed by atoms with Crippen LogP contribution in [0.25, 0.3) is 0 Å². The number of hydrogen-bond donors (Lipinski definition) is 0. The number of nitrogens with zero attached hydrogens (tertiary/aromatic N) is 2. The molecule has 30 heavy (non-hydrogen) atoms. The molecule has 0 spiro atoms. The Bertz CT molecular complexity index is 770. The summed E-state index contributed by atoms with van der Waals surface area (Å²) in [5, 5.41) is 10.9. The molecule has 1 aromatic carbocycles. The SMILES string of the molecule is CCCN(CCC)CC1C2CCC(C)(C1OC(=O)c1ccc([N+](=O)[O-])cc1)C2(C)C. The van der Waals surface area contributed by atoms with Crippen LogP contribution in [0.2, 0.25) is 0 Å². The van der Waals surface area contributed by atoms with Crippen LogP contribution in [0.15, 0.2) is 24.3 Å². The van der Waals surface area contributed by atoms with Gasteiger partial charge in [0.1, 0.15) is 6.10 Å². The Labute approximate surface area is 180 Å². The zero-order valence-corrected chi connectivity index (χ0v) is 19.0. The standard InChI is InChI=1S/C24H36N2O4/c1-6-14-25(15-7-2)16-19-20-12-13-24(5,23(20,3)4)21(19)30-22(27)17-8-10-18(11-9-17)26(28)29/h8-11,19-21H,6-7,12-16H2,1-5H3. The Morgan fingerprint density at radius 2 is 1.77 bits per heavy atom. The molecule has 6 nitrogen and oxygen atoms in total. The molecule has 2 fully saturated rings. The highest BCUT2D eigenvalue weighted by Crippen LogP contribution is 2.68. The van der Waals surface area contributed by atoms with Gasteiger partial charge in [-0.2, -0.15) is 0 Å². The smallest absolute Gasteiger partial charge is 0.338 e. The molecular weight excluding hydrogens is 380 g/mol. The van der Waals surface area contributed by atoms with Crippen LogP contribution in [-0.2, 0) is 4.74 Å². The molecule has 2 bridgehead atoms. The molecule has 1 aromatic rings. The minimum atomic E-state index is -0.458. The van der Waals surface area contributed by atoms with Crippen LogP contribution < -0.4 is 0 Å². The summed E-state index contributed by atoms with van der Waals surface area (Å²) in [5.41, 5.74) is 0.417. The molecule has 166 valence electrons. The quantitative estimate of drug-likeness (QED) is 0.310. The molecule has 0 aromatic heterocycles. The summed E-state index contributed by atoms with van der Waals surface area (Å²) in [6.07, 6.45) is 4.36. The van der Waals surface area contributed by atoms with E-state index < -0.39 is 4.92 Å². The first kappa shape index (κ1) is 22.7. The van der Waals surface area contributed by atoms with E-state index in [0.717, 1.165) is 38.9 Å². The Morgan fingerprint density at radius 3 is 2.30 bits per heavy atom. The second kappa shape index (κ2) is 8.66. The second-order valence-electron chi connectivity index (χ2n) is 9.88. The summed E-state index contributed by atoms with van der Waals surface area (Å²) >= 11 is 0. The van der Waals surface area contributed by atoms with Gasteiger partial charge in [0.25, 0.3) is 5.69 Å². The largest absolute Gasteiger partial charge is 0.458 e. The van der Waals surface area contributed by atoms with Crippen molar-refractivity contribution in [1.29, 1.82) is 0 Å². The van der Waals surface area contributed by atoms with Crippen LogP contribution in [-0.4, -0.2) is 41.5 Å². The monoisotopic (exact) mass is 416 g/mol. The third-order valence-corrected chi connectivity index (χ3v) is 8.00. The number of carbonyl (C=O) groups excluding carboxylic acids is 1. The van der Waals surface area contributed by atoms with E-state index in [-0.39, 0.29) is 28.6 Å². The topological polar surface area (TPSA) is 72.7 Å². The van der Waals surface area contributed by atoms with Crippen molar-refractivity contribution >= 4 is 11.7 Å². The molecule has 4 atom stereocenters. The molecule has 0 heterocycles. The number of non-ortho nitro benzene ring substituents is 1. The number of esters is 1. The lowest BCUT2D eigenvalue weighted by atomic mass is 9.70. The maximum atomic E-state index is 13.0. The Hall–Kier alpha value is -1.95. The van der Waals surface area contributed by atoms with Crippen LogP contribution in [0, 0.1) is 32.8 Å². The predicted molar refractivity (Wildman–Crippen MR) is 117 cm³/mol. The molecule has 2 aliphatic rings. The first-order valence-electron chi connectivity index (χ1n) is 11.3. The molecule has 0 amide bonds. The van der Waals surface area contributed by atoms with Crippen LogP contribution >= 0.6 is 0 Å². The van der Waals surface area contributed by atoms with Crippen molar-refractivity contribution in [1.82, 2.24) is 4.90 Å². The van der Waals surface area contributed by atoms with Gasteiger partial charge in [-0.15, -0.1) is 0 Å². The number of nitro groups is 1. The molecule has 2 saturated carbocycles. The summed E-state index contributed by atoms with van der Waals surface area (Å²) in [5.74, 6) is 0.481. The van der Waals surface area contributed by atoms with Crippen molar-refractivity contribution < 1.29 is 14.5 Å². The van der Waals surface area contributed by atoms with E-state index in [0.29, 0.717) is 17.4 Å². The molecule has 2 aliphatic carbocycles. The zero-order valence-electron chi connectivity index (χ0n) is 19.0. The average molecular weight is 417 g/mol. The molecule has 3 rings (SSSR count). The average Bonchev–Trinajstić information content (AvgIpc) is 3.01. The van der Waals surface area contributed by atoms with Gasteiger partial charge in [-0.1, -0.05) is 34.6 Å². The predicted octanol–water partition coefficient (Wildman–Crippen LogP) is 5.31. The van der Waals surface area contributed by atoms with Gasteiger partial charge in [0.2, 0.25) is 0 Å². The normalized spacial score (nSPS) is 29.3. The molecule has 0 radical (unpaired) electrons. The van der Waals surface area contributed by atoms with E-state index >= 15 is 0 Å². The fourth-order valence-corrected chi connectivity index (χ4v) is 6.07. The maximum Gasteiger partial charge on any atom is 0.338 e. The molecule has 4 unspecified atom stereocenters. The molecule has 0 N–H and O–H groups in total. The van der Waals surface area contributed by atoms with Crippen LogP contribution in [0.4, 0.5) is 5.69 Å². The summed E-state index contributed by atoms with van der Waals surface area (Å²) in [7, 11) is 0. The van der Waals surface area contributed by atoms with E-state index in [1.807, 2.05) is 0 Å². The molecule has 0 saturated heterocycles. The van der Waals surface area contributed by atoms with Crippen molar-refractivity contribution in [2.75, 3.05) is 19.6 Å². The lowest BCUT2D eigenvalue weighted by Crippen LogP contribution is -2.45. The van der Waals surface area contributed by atoms with E-state index in [4.69, 9.17) is 4.74 Å². The van der Waals surface area contributed by atoms with Gasteiger partial charge in [-0.3, -0.25) is 10.1 Å². The maximum absolute atomic E-state index is 13.0. The summed E-state index contributed by atoms with van der Waals surface area (Å²) in [6, 6.07) is 5.72. The van der Waals surface area contributed by atoms with Crippen LogP contribution in [0.1, 0.15) is 70.7 Å². The van der Waals surface area contributed by atoms with Crippen molar-refractivity contribution in [3.63, 3.8) is 0 Å². The van der Waals surface area contributed by atoms with Crippen LogP contribution in [0.5, 0.6) is 0 Å². The van der Waals surface area contributed by atoms with E-state index in [1.165, 1.54) is 30.7 Å². The summed E-state index contributed by atoms with van der Waals surface area (Å²) in [4.78, 5) is 26.0. The first-order chi connectivity index (χ1) is 14.2. The second-order valence-corrected chi connectivity index (χ2v) is 9.88. The van der Waals surface area contributed by atoms with Gasteiger partial charge >= 0.3 is 5.97 Å². The lowest BCUT2D eigenvalue weighted by Gasteiger charge is -2.40. The summed E-state index contributed by atoms with van der Waals surface area (Å²) < 4.78 is 6.20. The number of ether oxygens (including phenoxy) is 1. The van der Waals surface area contributed by atoms with E-state index in [9.17, 15) is 14.9 Å². The number of rotatable bonds is 9. The number of carbonyl (C=O) groups is 1. The van der Waals surface area contributed by atoms with Crippen molar-refractivity contribution in [2.24, 2.45) is 22.7 Å². The highest BCUT2D eigenvalue weighted by molar-refractivity contribution is 5.89. The van der Waals surface area contributed by atoms with Gasteiger partial charge in [-0.25, -0.2) is 4.79 Å². The third-order valence-electron chi connectivity index (χ3n) is 8.00. The zero-order chi connectivity index (χ0) is 22.1. The van der Waals surface area contributed by atoms with Crippen LogP contribution in [0.3, 0.4) is 0 Å². The number of benzene rings is 1. The summed E-state index contributed by atoms with van der Waals surface area (Å²) in [6.45, 7) is 14.5. The van der Waals surface area contributed by atoms with Crippen molar-refractivity contribution in [3.8, 4) is 0 Å². The highest BCUT2D eigenvalue weighted by Gasteiger charge is 2.67. The van der Waals surface area contributed by atoms with Gasteiger partial charge in [0, 0.05) is 30.0 Å². The third kappa shape index (κ3) is 3.86. The minimum absolute atomic E-state index is 0.0211. The number of fused-ring (bicyclic) bond motifs is 2. The van der Waals surface area contributed by atoms with Crippen molar-refractivity contribution in [3.05, 3.63) is 39.9 Å². The molecule has 0 aliphatic heterocycles. The van der Waals surface area contributed by atoms with Gasteiger partial charge in [0.05, 0.1) is 10.5 Å². The fourth-order valence-electron chi connectivity index (χ4n) is 6.07. The lowest BCUT2D eigenvalue weighted by molar-refractivity contribution is -0.384. The van der Waals surface area contributed by atoms with E-state index in [2.05, 4.69) is 39.5 Å². The Morgan fingerprint density at radius 1 is 1.17 bits per heavy atom. The van der Waals surface area contributed by atoms with Gasteiger partial charge in [-0.05, 0) is 62.2 Å². The minimum Gasteiger partial charge on any atom is -0.458 e. The fraction of sp³-hybridized carbons (Fsp3) is 0.708. The van der Waals surface area contributed by atoms with Crippen molar-refractivity contribution in [2.45, 2.75) is 66.4 Å². The first-order valence-corrected chi connectivity index (χ1v) is 11.3. The Kier molecular flexibility index (Phi) is 6.56. The molecular formula is C24H36N2O4. The molecule has 6 heteroatoms. The highest BCUT2D eigenvalue weighted by atomic mass is 16.6. The van der Waals surface area contributed by atoms with Gasteiger partial charge < -0.3 is 9.64 Å². The Balaban J connectivity index is 1.83. The van der Waals surface area contributed by atoms with Gasteiger partial charge in [0.15, 0.2) is 0 Å². The van der Waals surface area contributed by atoms with E-state index in [1.54, 1.807) is 0 Å².